The van der Waals surface area contributed by atoms with Crippen LogP contribution in [0.4, 0.5) is 5.13 Å². The van der Waals surface area contributed by atoms with Gasteiger partial charge in [-0.2, -0.15) is 0 Å². The van der Waals surface area contributed by atoms with Gasteiger partial charge in [0.25, 0.3) is 0 Å². The van der Waals surface area contributed by atoms with Gasteiger partial charge in [0, 0.05) is 5.92 Å². The molecule has 1 aliphatic rings. The molecule has 5 nitrogen and oxygen atoms in total. The molecule has 6 heteroatoms. The highest BCUT2D eigenvalue weighted by atomic mass is 32.1. The third-order valence-corrected chi connectivity index (χ3v) is 6.38. The van der Waals surface area contributed by atoms with Crippen LogP contribution in [0, 0.1) is 5.92 Å². The lowest BCUT2D eigenvalue weighted by atomic mass is 10.1. The predicted molar refractivity (Wildman–Crippen MR) is 112 cm³/mol. The van der Waals surface area contributed by atoms with Crippen LogP contribution in [-0.2, 0) is 11.3 Å². The molecule has 0 aliphatic heterocycles. The summed E-state index contributed by atoms with van der Waals surface area (Å²) < 4.78 is 11.9. The smallest absolute Gasteiger partial charge is 0.232 e. The van der Waals surface area contributed by atoms with E-state index in [1.54, 1.807) is 14.2 Å². The molecular formula is C22H24N2O3S. The normalized spacial score (nSPS) is 14.4. The van der Waals surface area contributed by atoms with Crippen molar-refractivity contribution in [3.05, 3.63) is 48.0 Å². The Labute approximate surface area is 168 Å². The van der Waals surface area contributed by atoms with Crippen LogP contribution in [0.25, 0.3) is 10.2 Å². The van der Waals surface area contributed by atoms with Gasteiger partial charge in [0.15, 0.2) is 5.13 Å². The van der Waals surface area contributed by atoms with Crippen molar-refractivity contribution in [2.24, 2.45) is 5.92 Å². The third kappa shape index (κ3) is 3.56. The van der Waals surface area contributed by atoms with Gasteiger partial charge in [-0.15, -0.1) is 0 Å². The summed E-state index contributed by atoms with van der Waals surface area (Å²) in [4.78, 5) is 20.0. The van der Waals surface area contributed by atoms with Crippen LogP contribution in [0.3, 0.4) is 0 Å². The van der Waals surface area contributed by atoms with Crippen LogP contribution < -0.4 is 14.4 Å². The maximum Gasteiger partial charge on any atom is 0.232 e. The number of anilines is 1. The van der Waals surface area contributed by atoms with Gasteiger partial charge >= 0.3 is 0 Å². The lowest BCUT2D eigenvalue weighted by Gasteiger charge is -2.23. The van der Waals surface area contributed by atoms with E-state index in [2.05, 4.69) is 0 Å². The number of thiazole rings is 1. The van der Waals surface area contributed by atoms with Gasteiger partial charge in [-0.05, 0) is 30.5 Å². The van der Waals surface area contributed by atoms with Gasteiger partial charge in [-0.25, -0.2) is 4.98 Å². The van der Waals surface area contributed by atoms with Gasteiger partial charge in [0.2, 0.25) is 5.91 Å². The lowest BCUT2D eigenvalue weighted by molar-refractivity contribution is -0.122. The van der Waals surface area contributed by atoms with E-state index in [1.165, 1.54) is 11.3 Å². The minimum atomic E-state index is 0.0829. The van der Waals surface area contributed by atoms with E-state index in [0.717, 1.165) is 47.2 Å². The minimum Gasteiger partial charge on any atom is -0.495 e. The van der Waals surface area contributed by atoms with Crippen molar-refractivity contribution < 1.29 is 14.3 Å². The first-order chi connectivity index (χ1) is 13.7. The van der Waals surface area contributed by atoms with E-state index in [1.807, 2.05) is 47.4 Å². The van der Waals surface area contributed by atoms with Crippen molar-refractivity contribution in [3.63, 3.8) is 0 Å². The first kappa shape index (κ1) is 18.7. The molecule has 1 amide bonds. The maximum absolute atomic E-state index is 13.4. The molecule has 1 saturated carbocycles. The fourth-order valence-corrected chi connectivity index (χ4v) is 4.87. The summed E-state index contributed by atoms with van der Waals surface area (Å²) in [6.07, 6.45) is 4.16. The number of ether oxygens (including phenoxy) is 2. The first-order valence-corrected chi connectivity index (χ1v) is 10.4. The summed E-state index contributed by atoms with van der Waals surface area (Å²) in [7, 11) is 3.28. The van der Waals surface area contributed by atoms with E-state index >= 15 is 0 Å². The highest BCUT2D eigenvalue weighted by molar-refractivity contribution is 7.22. The van der Waals surface area contributed by atoms with Crippen LogP contribution in [-0.4, -0.2) is 25.1 Å². The molecule has 28 heavy (non-hydrogen) atoms. The van der Waals surface area contributed by atoms with Crippen molar-refractivity contribution in [2.45, 2.75) is 32.2 Å². The Hall–Kier alpha value is -2.60. The lowest BCUT2D eigenvalue weighted by Crippen LogP contribution is -2.34. The number of rotatable bonds is 6. The summed E-state index contributed by atoms with van der Waals surface area (Å²) in [5.41, 5.74) is 1.83. The summed E-state index contributed by atoms with van der Waals surface area (Å²) in [6, 6.07) is 13.8. The van der Waals surface area contributed by atoms with Crippen molar-refractivity contribution in [3.8, 4) is 11.5 Å². The Bertz CT molecular complexity index is 924. The second-order valence-electron chi connectivity index (χ2n) is 7.04. The van der Waals surface area contributed by atoms with Crippen LogP contribution >= 0.6 is 11.3 Å². The molecule has 0 N–H and O–H groups in total. The van der Waals surface area contributed by atoms with E-state index in [9.17, 15) is 4.79 Å². The topological polar surface area (TPSA) is 51.7 Å². The van der Waals surface area contributed by atoms with Crippen molar-refractivity contribution >= 4 is 32.6 Å². The zero-order valence-electron chi connectivity index (χ0n) is 16.2. The fraction of sp³-hybridized carbons (Fsp3) is 0.364. The van der Waals surface area contributed by atoms with Gasteiger partial charge in [0.1, 0.15) is 21.7 Å². The molecule has 0 saturated heterocycles. The molecule has 0 radical (unpaired) electrons. The molecule has 2 aromatic carbocycles. The SMILES string of the molecule is COc1ccc(OC)c2sc(N(Cc3ccccc3)C(=O)C3CCCC3)nc12. The molecule has 1 aromatic heterocycles. The van der Waals surface area contributed by atoms with Gasteiger partial charge in [0.05, 0.1) is 20.8 Å². The van der Waals surface area contributed by atoms with E-state index in [4.69, 9.17) is 14.5 Å². The van der Waals surface area contributed by atoms with Gasteiger partial charge in [-0.3, -0.25) is 9.69 Å². The van der Waals surface area contributed by atoms with Crippen LogP contribution in [0.1, 0.15) is 31.2 Å². The highest BCUT2D eigenvalue weighted by Crippen LogP contribution is 2.41. The summed E-state index contributed by atoms with van der Waals surface area (Å²) >= 11 is 1.48. The minimum absolute atomic E-state index is 0.0829. The quantitative estimate of drug-likeness (QED) is 0.586. The summed E-state index contributed by atoms with van der Waals surface area (Å²) in [6.45, 7) is 0.515. The Balaban J connectivity index is 1.78. The number of aromatic nitrogens is 1. The zero-order chi connectivity index (χ0) is 19.5. The molecule has 0 bridgehead atoms. The van der Waals surface area contributed by atoms with Gasteiger partial charge < -0.3 is 9.47 Å². The molecule has 3 aromatic rings. The summed E-state index contributed by atoms with van der Waals surface area (Å²) in [5, 5.41) is 0.693. The largest absolute Gasteiger partial charge is 0.495 e. The molecule has 4 rings (SSSR count). The first-order valence-electron chi connectivity index (χ1n) is 9.58. The fourth-order valence-electron chi connectivity index (χ4n) is 3.79. The zero-order valence-corrected chi connectivity index (χ0v) is 17.0. The molecular weight excluding hydrogens is 372 g/mol. The van der Waals surface area contributed by atoms with E-state index < -0.39 is 0 Å². The van der Waals surface area contributed by atoms with Crippen LogP contribution in [0.2, 0.25) is 0 Å². The molecule has 1 heterocycles. The predicted octanol–water partition coefficient (Wildman–Crippen LogP) is 5.04. The molecule has 1 fully saturated rings. The van der Waals surface area contributed by atoms with Crippen LogP contribution in [0.15, 0.2) is 42.5 Å². The number of nitrogens with zero attached hydrogens (tertiary/aromatic N) is 2. The summed E-state index contributed by atoms with van der Waals surface area (Å²) in [5.74, 6) is 1.68. The van der Waals surface area contributed by atoms with E-state index in [0.29, 0.717) is 17.4 Å². The molecule has 0 spiro atoms. The third-order valence-electron chi connectivity index (χ3n) is 5.28. The number of carbonyl (C=O) groups is 1. The Morgan fingerprint density at radius 3 is 2.43 bits per heavy atom. The monoisotopic (exact) mass is 396 g/mol. The average molecular weight is 397 g/mol. The molecule has 1 aliphatic carbocycles. The van der Waals surface area contributed by atoms with Gasteiger partial charge in [-0.1, -0.05) is 54.5 Å². The maximum atomic E-state index is 13.4. The Morgan fingerprint density at radius 2 is 1.75 bits per heavy atom. The number of carbonyl (C=O) groups excluding carboxylic acids is 1. The number of amides is 1. The molecule has 0 atom stereocenters. The number of methoxy groups -OCH3 is 2. The number of benzene rings is 2. The standard InChI is InChI=1S/C22H24N2O3S/c1-26-17-12-13-18(27-2)20-19(17)23-22(28-20)24(14-15-8-4-3-5-9-15)21(25)16-10-6-7-11-16/h3-5,8-9,12-13,16H,6-7,10-11,14H2,1-2H3. The Morgan fingerprint density at radius 1 is 1.07 bits per heavy atom. The van der Waals surface area contributed by atoms with Crippen molar-refractivity contribution in [1.29, 1.82) is 0 Å². The number of hydrogen-bond acceptors (Lipinski definition) is 5. The van der Waals surface area contributed by atoms with E-state index in [-0.39, 0.29) is 11.8 Å². The van der Waals surface area contributed by atoms with Crippen molar-refractivity contribution in [2.75, 3.05) is 19.1 Å². The second kappa shape index (κ2) is 8.19. The second-order valence-corrected chi connectivity index (χ2v) is 8.01. The number of fused-ring (bicyclic) bond motifs is 1. The average Bonchev–Trinajstić information content (AvgIpc) is 3.41. The van der Waals surface area contributed by atoms with Crippen molar-refractivity contribution in [1.82, 2.24) is 4.98 Å². The number of hydrogen-bond donors (Lipinski definition) is 0. The highest BCUT2D eigenvalue weighted by Gasteiger charge is 2.30. The van der Waals surface area contributed by atoms with Crippen LogP contribution in [0.5, 0.6) is 11.5 Å². The Kier molecular flexibility index (Phi) is 5.48. The molecule has 0 unspecified atom stereocenters. The molecule has 146 valence electrons.